The highest BCUT2D eigenvalue weighted by atomic mass is 32.2. The van der Waals surface area contributed by atoms with Gasteiger partial charge >= 0.3 is 6.18 Å². The summed E-state index contributed by atoms with van der Waals surface area (Å²) in [5, 5.41) is 0. The van der Waals surface area contributed by atoms with Crippen LogP contribution in [0.15, 0.2) is 41.3 Å². The maximum atomic E-state index is 13.0. The van der Waals surface area contributed by atoms with Crippen molar-refractivity contribution in [3.05, 3.63) is 58.7 Å². The van der Waals surface area contributed by atoms with E-state index in [4.69, 9.17) is 5.73 Å². The lowest BCUT2D eigenvalue weighted by molar-refractivity contribution is -0.138. The summed E-state index contributed by atoms with van der Waals surface area (Å²) in [5.74, 6) is 0.262. The molecule has 0 bridgehead atoms. The number of hydrogen-bond acceptors (Lipinski definition) is 2. The molecular weight excluding hydrogens is 295 g/mol. The third kappa shape index (κ3) is 3.94. The second-order valence-corrected chi connectivity index (χ2v) is 6.00. The Bertz CT molecular complexity index is 650. The molecule has 0 aliphatic heterocycles. The third-order valence-electron chi connectivity index (χ3n) is 3.31. The molecule has 2 rings (SSSR count). The van der Waals surface area contributed by atoms with Crippen molar-refractivity contribution < 1.29 is 13.2 Å². The highest BCUT2D eigenvalue weighted by Crippen LogP contribution is 2.36. The molecule has 5 heteroatoms. The molecule has 0 aliphatic rings. The third-order valence-corrected chi connectivity index (χ3v) is 4.35. The van der Waals surface area contributed by atoms with Crippen LogP contribution in [0, 0.1) is 13.8 Å². The molecule has 0 aliphatic carbocycles. The minimum atomic E-state index is -4.38. The first-order valence-corrected chi connectivity index (χ1v) is 7.41. The van der Waals surface area contributed by atoms with Gasteiger partial charge in [-0.15, -0.1) is 11.8 Å². The quantitative estimate of drug-likeness (QED) is 0.623. The second-order valence-electron chi connectivity index (χ2n) is 4.95. The summed E-state index contributed by atoms with van der Waals surface area (Å²) in [6, 6.07) is 9.85. The van der Waals surface area contributed by atoms with Crippen LogP contribution in [-0.4, -0.2) is 0 Å². The van der Waals surface area contributed by atoms with Crippen LogP contribution in [-0.2, 0) is 11.9 Å². The summed E-state index contributed by atoms with van der Waals surface area (Å²) < 4.78 is 39.0. The van der Waals surface area contributed by atoms with Crippen molar-refractivity contribution in [3.8, 4) is 0 Å². The summed E-state index contributed by atoms with van der Waals surface area (Å²) in [7, 11) is 0. The van der Waals surface area contributed by atoms with E-state index in [0.717, 1.165) is 16.5 Å². The molecule has 0 fully saturated rings. The number of nitrogen functional groups attached to an aromatic ring is 1. The first-order chi connectivity index (χ1) is 9.77. The largest absolute Gasteiger partial charge is 0.416 e. The lowest BCUT2D eigenvalue weighted by Crippen LogP contribution is -2.09. The Kier molecular flexibility index (Phi) is 4.52. The molecule has 2 N–H and O–H groups in total. The maximum absolute atomic E-state index is 13.0. The fourth-order valence-electron chi connectivity index (χ4n) is 1.95. The number of thioether (sulfide) groups is 1. The number of benzene rings is 2. The van der Waals surface area contributed by atoms with Crippen molar-refractivity contribution in [2.24, 2.45) is 0 Å². The Hall–Kier alpha value is -1.62. The molecular formula is C16H16F3NS. The van der Waals surface area contributed by atoms with E-state index in [9.17, 15) is 13.2 Å². The van der Waals surface area contributed by atoms with Gasteiger partial charge < -0.3 is 5.73 Å². The van der Waals surface area contributed by atoms with Crippen molar-refractivity contribution in [1.29, 1.82) is 0 Å². The lowest BCUT2D eigenvalue weighted by Gasteiger charge is -2.13. The van der Waals surface area contributed by atoms with Crippen LogP contribution in [0.3, 0.4) is 0 Å². The van der Waals surface area contributed by atoms with Crippen molar-refractivity contribution in [3.63, 3.8) is 0 Å². The smallest absolute Gasteiger partial charge is 0.399 e. The highest BCUT2D eigenvalue weighted by Gasteiger charge is 2.33. The Morgan fingerprint density at radius 3 is 2.33 bits per heavy atom. The SMILES string of the molecule is Cc1ccc(SCc2ccc(N)cc2C(F)(F)F)cc1C. The molecule has 21 heavy (non-hydrogen) atoms. The van der Waals surface area contributed by atoms with E-state index in [1.807, 2.05) is 32.0 Å². The average molecular weight is 311 g/mol. The number of nitrogens with two attached hydrogens (primary N) is 1. The van der Waals surface area contributed by atoms with Gasteiger partial charge in [-0.25, -0.2) is 0 Å². The summed E-state index contributed by atoms with van der Waals surface area (Å²) in [6.45, 7) is 4.00. The number of hydrogen-bond donors (Lipinski definition) is 1. The van der Waals surface area contributed by atoms with E-state index in [0.29, 0.717) is 0 Å². The number of halogens is 3. The van der Waals surface area contributed by atoms with Crippen molar-refractivity contribution >= 4 is 17.4 Å². The Morgan fingerprint density at radius 2 is 1.71 bits per heavy atom. The molecule has 0 heterocycles. The molecule has 0 spiro atoms. The van der Waals surface area contributed by atoms with E-state index in [-0.39, 0.29) is 17.0 Å². The molecule has 0 amide bonds. The number of anilines is 1. The fraction of sp³-hybridized carbons (Fsp3) is 0.250. The van der Waals surface area contributed by atoms with Gasteiger partial charge in [0, 0.05) is 16.3 Å². The molecule has 1 nitrogen and oxygen atoms in total. The minimum Gasteiger partial charge on any atom is -0.399 e. The molecule has 0 saturated carbocycles. The molecule has 0 unspecified atom stereocenters. The number of aryl methyl sites for hydroxylation is 2. The van der Waals surface area contributed by atoms with E-state index in [1.54, 1.807) is 0 Å². The Labute approximate surface area is 126 Å². The van der Waals surface area contributed by atoms with Gasteiger partial charge in [0.1, 0.15) is 0 Å². The topological polar surface area (TPSA) is 26.0 Å². The average Bonchev–Trinajstić information content (AvgIpc) is 2.40. The fourth-order valence-corrected chi connectivity index (χ4v) is 2.95. The molecule has 2 aromatic carbocycles. The molecule has 0 saturated heterocycles. The van der Waals surface area contributed by atoms with Gasteiger partial charge in [0.05, 0.1) is 5.56 Å². The molecule has 0 atom stereocenters. The number of alkyl halides is 3. The van der Waals surface area contributed by atoms with E-state index in [1.165, 1.54) is 29.5 Å². The van der Waals surface area contributed by atoms with Crippen LogP contribution in [0.4, 0.5) is 18.9 Å². The van der Waals surface area contributed by atoms with Gasteiger partial charge in [0.2, 0.25) is 0 Å². The van der Waals surface area contributed by atoms with Gasteiger partial charge in [-0.1, -0.05) is 12.1 Å². The first kappa shape index (κ1) is 15.8. The lowest BCUT2D eigenvalue weighted by atomic mass is 10.1. The van der Waals surface area contributed by atoms with Crippen LogP contribution in [0.2, 0.25) is 0 Å². The van der Waals surface area contributed by atoms with Crippen LogP contribution in [0.25, 0.3) is 0 Å². The first-order valence-electron chi connectivity index (χ1n) is 6.43. The zero-order chi connectivity index (χ0) is 15.6. The van der Waals surface area contributed by atoms with E-state index < -0.39 is 11.7 Å². The van der Waals surface area contributed by atoms with Gasteiger partial charge in [-0.2, -0.15) is 13.2 Å². The highest BCUT2D eigenvalue weighted by molar-refractivity contribution is 7.98. The van der Waals surface area contributed by atoms with Crippen molar-refractivity contribution in [2.75, 3.05) is 5.73 Å². The second kappa shape index (κ2) is 6.02. The Morgan fingerprint density at radius 1 is 1.00 bits per heavy atom. The molecule has 0 aromatic heterocycles. The van der Waals surface area contributed by atoms with Gasteiger partial charge in [0.15, 0.2) is 0 Å². The molecule has 0 radical (unpaired) electrons. The van der Waals surface area contributed by atoms with Crippen LogP contribution in [0.1, 0.15) is 22.3 Å². The predicted molar refractivity (Wildman–Crippen MR) is 81.3 cm³/mol. The number of rotatable bonds is 3. The molecule has 2 aromatic rings. The predicted octanol–water partition coefficient (Wildman–Crippen LogP) is 5.20. The summed E-state index contributed by atoms with van der Waals surface area (Å²) >= 11 is 1.39. The summed E-state index contributed by atoms with van der Waals surface area (Å²) in [4.78, 5) is 0.961. The Balaban J connectivity index is 2.22. The molecule has 112 valence electrons. The van der Waals surface area contributed by atoms with Crippen LogP contribution >= 0.6 is 11.8 Å². The van der Waals surface area contributed by atoms with E-state index >= 15 is 0 Å². The van der Waals surface area contributed by atoms with Crippen LogP contribution < -0.4 is 5.73 Å². The minimum absolute atomic E-state index is 0.127. The zero-order valence-electron chi connectivity index (χ0n) is 11.8. The summed E-state index contributed by atoms with van der Waals surface area (Å²) in [6.07, 6.45) is -4.38. The van der Waals surface area contributed by atoms with Crippen LogP contribution in [0.5, 0.6) is 0 Å². The monoisotopic (exact) mass is 311 g/mol. The zero-order valence-corrected chi connectivity index (χ0v) is 12.6. The van der Waals surface area contributed by atoms with Gasteiger partial charge in [0.25, 0.3) is 0 Å². The van der Waals surface area contributed by atoms with Gasteiger partial charge in [-0.05, 0) is 54.8 Å². The van der Waals surface area contributed by atoms with E-state index in [2.05, 4.69) is 0 Å². The van der Waals surface area contributed by atoms with Crippen molar-refractivity contribution in [2.45, 2.75) is 30.7 Å². The van der Waals surface area contributed by atoms with Crippen molar-refractivity contribution in [1.82, 2.24) is 0 Å². The van der Waals surface area contributed by atoms with Gasteiger partial charge in [-0.3, -0.25) is 0 Å². The maximum Gasteiger partial charge on any atom is 0.416 e. The standard InChI is InChI=1S/C16H16F3NS/c1-10-3-6-14(7-11(10)2)21-9-12-4-5-13(20)8-15(12)16(17,18)19/h3-8H,9,20H2,1-2H3. The normalized spacial score (nSPS) is 11.7. The summed E-state index contributed by atoms with van der Waals surface area (Å²) in [5.41, 5.74) is 7.49.